The van der Waals surface area contributed by atoms with Gasteiger partial charge in [0.1, 0.15) is 17.1 Å². The topological polar surface area (TPSA) is 125 Å². The van der Waals surface area contributed by atoms with Crippen LogP contribution in [0.4, 0.5) is 10.1 Å². The molecule has 1 saturated heterocycles. The molecule has 0 spiro atoms. The van der Waals surface area contributed by atoms with E-state index in [9.17, 15) is 27.5 Å². The Kier molecular flexibility index (Phi) is 6.37. The maximum absolute atomic E-state index is 14.1. The number of carbonyl (C=O) groups is 2. The summed E-state index contributed by atoms with van der Waals surface area (Å²) in [6, 6.07) is 6.14. The molecule has 2 fully saturated rings. The molecule has 1 aliphatic carbocycles. The van der Waals surface area contributed by atoms with Crippen molar-refractivity contribution in [3.05, 3.63) is 52.8 Å². The second kappa shape index (κ2) is 9.36. The van der Waals surface area contributed by atoms with Gasteiger partial charge in [-0.15, -0.1) is 0 Å². The Morgan fingerprint density at radius 2 is 2.06 bits per heavy atom. The molecule has 2 aromatic carbocycles. The van der Waals surface area contributed by atoms with Crippen molar-refractivity contribution >= 4 is 27.6 Å². The number of likely N-dealkylation sites (N-methyl/N-ethyl adjacent to an activating group) is 1. The van der Waals surface area contributed by atoms with Crippen molar-refractivity contribution in [2.75, 3.05) is 31.0 Å². The minimum atomic E-state index is -4.36. The molecule has 36 heavy (non-hydrogen) atoms. The fourth-order valence-corrected chi connectivity index (χ4v) is 6.48. The van der Waals surface area contributed by atoms with Crippen LogP contribution in [-0.2, 0) is 21.2 Å². The van der Waals surface area contributed by atoms with Gasteiger partial charge in [0.2, 0.25) is 5.91 Å². The van der Waals surface area contributed by atoms with E-state index in [0.717, 1.165) is 49.7 Å². The van der Waals surface area contributed by atoms with Gasteiger partial charge < -0.3 is 20.1 Å². The number of rotatable bonds is 8. The molecule has 3 N–H and O–H groups in total. The number of ether oxygens (including phenoxy) is 1. The zero-order valence-electron chi connectivity index (χ0n) is 19.8. The Balaban J connectivity index is 1.40. The number of carbonyl (C=O) groups excluding carboxylic acids is 1. The molecule has 3 atom stereocenters. The lowest BCUT2D eigenvalue weighted by Gasteiger charge is -2.21. The first-order valence-corrected chi connectivity index (χ1v) is 13.5. The van der Waals surface area contributed by atoms with E-state index in [1.807, 2.05) is 6.92 Å². The maximum atomic E-state index is 14.1. The fourth-order valence-electron chi connectivity index (χ4n) is 5.18. The zero-order valence-corrected chi connectivity index (χ0v) is 20.6. The summed E-state index contributed by atoms with van der Waals surface area (Å²) in [7, 11) is -4.36. The lowest BCUT2D eigenvalue weighted by atomic mass is 10.0. The van der Waals surface area contributed by atoms with Crippen LogP contribution in [0.15, 0.2) is 35.2 Å². The summed E-state index contributed by atoms with van der Waals surface area (Å²) in [4.78, 5) is 26.7. The number of aromatic carboxylic acids is 1. The molecule has 2 aromatic rings. The second-order valence-electron chi connectivity index (χ2n) is 9.61. The molecule has 192 valence electrons. The second-order valence-corrected chi connectivity index (χ2v) is 11.3. The van der Waals surface area contributed by atoms with Crippen molar-refractivity contribution in [3.8, 4) is 5.75 Å². The molecule has 2 heterocycles. The van der Waals surface area contributed by atoms with Crippen molar-refractivity contribution in [3.63, 3.8) is 0 Å². The van der Waals surface area contributed by atoms with Crippen molar-refractivity contribution < 1.29 is 32.2 Å². The normalized spacial score (nSPS) is 22.8. The number of amides is 1. The standard InChI is InChI=1S/C25H28FN3O6S/c1-2-29-8-7-17(12-29)27-22(30)11-14-9-16(26)3-6-21(14)36(33,34)28-20-5-4-18-19-10-15(19)13-35-24(18)23(20)25(31)32/h3-6,9,15,17,19,28H,2,7-8,10-13H2,1H3,(H,27,30)(H,31,32)/t15?,17-,19?/m1/s1. The fraction of sp³-hybridized carbons (Fsp3) is 0.440. The van der Waals surface area contributed by atoms with E-state index in [1.165, 1.54) is 6.07 Å². The Labute approximate surface area is 208 Å². The van der Waals surface area contributed by atoms with Crippen molar-refractivity contribution in [1.29, 1.82) is 0 Å². The van der Waals surface area contributed by atoms with E-state index in [2.05, 4.69) is 14.9 Å². The van der Waals surface area contributed by atoms with E-state index in [4.69, 9.17) is 4.74 Å². The van der Waals surface area contributed by atoms with Crippen LogP contribution in [0.2, 0.25) is 0 Å². The molecule has 0 radical (unpaired) electrons. The van der Waals surface area contributed by atoms with E-state index in [0.29, 0.717) is 19.1 Å². The predicted molar refractivity (Wildman–Crippen MR) is 129 cm³/mol. The first-order valence-electron chi connectivity index (χ1n) is 12.0. The number of hydrogen-bond acceptors (Lipinski definition) is 6. The first kappa shape index (κ1) is 24.5. The SMILES string of the molecule is CCN1CC[C@@H](NC(=O)Cc2cc(F)ccc2S(=O)(=O)Nc2ccc3c(c2C(=O)O)OCC2CC32)C1. The number of halogens is 1. The van der Waals surface area contributed by atoms with Crippen LogP contribution in [-0.4, -0.2) is 62.6 Å². The number of sulfonamides is 1. The predicted octanol–water partition coefficient (Wildman–Crippen LogP) is 2.57. The van der Waals surface area contributed by atoms with Crippen LogP contribution in [0.1, 0.15) is 47.2 Å². The molecule has 9 nitrogen and oxygen atoms in total. The molecule has 0 bridgehead atoms. The lowest BCUT2D eigenvalue weighted by Crippen LogP contribution is -2.38. The molecular formula is C25H28FN3O6S. The molecule has 1 amide bonds. The average Bonchev–Trinajstić information content (AvgIpc) is 3.48. The van der Waals surface area contributed by atoms with Crippen LogP contribution >= 0.6 is 0 Å². The van der Waals surface area contributed by atoms with Gasteiger partial charge in [0.25, 0.3) is 10.0 Å². The van der Waals surface area contributed by atoms with Gasteiger partial charge in [-0.1, -0.05) is 13.0 Å². The summed E-state index contributed by atoms with van der Waals surface area (Å²) < 4.78 is 48.8. The maximum Gasteiger partial charge on any atom is 0.341 e. The number of hydrogen-bond donors (Lipinski definition) is 3. The Hall–Kier alpha value is -3.18. The van der Waals surface area contributed by atoms with Crippen LogP contribution in [0.3, 0.4) is 0 Å². The molecule has 2 unspecified atom stereocenters. The molecule has 3 aliphatic rings. The quantitative estimate of drug-likeness (QED) is 0.492. The van der Waals surface area contributed by atoms with Crippen molar-refractivity contribution in [1.82, 2.24) is 10.2 Å². The van der Waals surface area contributed by atoms with Gasteiger partial charge in [-0.25, -0.2) is 17.6 Å². The van der Waals surface area contributed by atoms with Crippen molar-refractivity contribution in [2.24, 2.45) is 5.92 Å². The Morgan fingerprint density at radius 3 is 2.78 bits per heavy atom. The van der Waals surface area contributed by atoms with E-state index >= 15 is 0 Å². The van der Waals surface area contributed by atoms with Gasteiger partial charge in [0.05, 0.1) is 23.6 Å². The van der Waals surface area contributed by atoms with E-state index in [1.54, 1.807) is 6.07 Å². The monoisotopic (exact) mass is 517 g/mol. The smallest absolute Gasteiger partial charge is 0.341 e. The minimum absolute atomic E-state index is 0.0164. The van der Waals surface area contributed by atoms with Gasteiger partial charge in [-0.3, -0.25) is 9.52 Å². The highest BCUT2D eigenvalue weighted by Gasteiger charge is 2.45. The molecule has 0 aromatic heterocycles. The van der Waals surface area contributed by atoms with Gasteiger partial charge >= 0.3 is 5.97 Å². The molecule has 1 saturated carbocycles. The highest BCUT2D eigenvalue weighted by Crippen LogP contribution is 2.55. The van der Waals surface area contributed by atoms with Gasteiger partial charge in [0.15, 0.2) is 0 Å². The summed E-state index contributed by atoms with van der Waals surface area (Å²) in [6.45, 7) is 4.87. The summed E-state index contributed by atoms with van der Waals surface area (Å²) in [5, 5.41) is 12.7. The summed E-state index contributed by atoms with van der Waals surface area (Å²) in [5.41, 5.74) is 0.340. The number of carboxylic acids is 1. The number of anilines is 1. The van der Waals surface area contributed by atoms with Gasteiger partial charge in [-0.2, -0.15) is 0 Å². The highest BCUT2D eigenvalue weighted by molar-refractivity contribution is 7.92. The number of nitrogens with one attached hydrogen (secondary N) is 2. The molecule has 2 aliphatic heterocycles. The third-order valence-electron chi connectivity index (χ3n) is 7.16. The third kappa shape index (κ3) is 4.77. The summed E-state index contributed by atoms with van der Waals surface area (Å²) in [6.07, 6.45) is 1.36. The summed E-state index contributed by atoms with van der Waals surface area (Å²) in [5.74, 6) is -1.64. The minimum Gasteiger partial charge on any atom is -0.492 e. The molecule has 11 heteroatoms. The number of benzene rings is 2. The molecular weight excluding hydrogens is 489 g/mol. The highest BCUT2D eigenvalue weighted by atomic mass is 32.2. The largest absolute Gasteiger partial charge is 0.492 e. The van der Waals surface area contributed by atoms with E-state index in [-0.39, 0.29) is 45.8 Å². The number of likely N-dealkylation sites (tertiary alicyclic amines) is 1. The Morgan fingerprint density at radius 1 is 1.25 bits per heavy atom. The van der Waals surface area contributed by atoms with Gasteiger partial charge in [-0.05, 0) is 60.7 Å². The summed E-state index contributed by atoms with van der Waals surface area (Å²) >= 11 is 0. The number of nitrogens with zero attached hydrogens (tertiary/aromatic N) is 1. The van der Waals surface area contributed by atoms with Crippen LogP contribution in [0, 0.1) is 11.7 Å². The lowest BCUT2D eigenvalue weighted by molar-refractivity contribution is -0.121. The van der Waals surface area contributed by atoms with Crippen LogP contribution in [0.5, 0.6) is 5.75 Å². The zero-order chi connectivity index (χ0) is 25.6. The first-order chi connectivity index (χ1) is 17.2. The number of carboxylic acid groups (broad SMARTS) is 1. The van der Waals surface area contributed by atoms with Crippen LogP contribution in [0.25, 0.3) is 0 Å². The number of fused-ring (bicyclic) bond motifs is 3. The third-order valence-corrected chi connectivity index (χ3v) is 8.62. The Bertz CT molecular complexity index is 1330. The molecule has 5 rings (SSSR count). The van der Waals surface area contributed by atoms with E-state index < -0.39 is 27.7 Å². The van der Waals surface area contributed by atoms with Gasteiger partial charge in [0, 0.05) is 25.0 Å². The van der Waals surface area contributed by atoms with Crippen molar-refractivity contribution in [2.45, 2.75) is 43.0 Å². The average molecular weight is 518 g/mol. The van der Waals surface area contributed by atoms with Crippen LogP contribution < -0.4 is 14.8 Å².